The van der Waals surface area contributed by atoms with Crippen molar-refractivity contribution in [3.8, 4) is 0 Å². The molecule has 4 rings (SSSR count). The minimum Gasteiger partial charge on any atom is -0.346 e. The first kappa shape index (κ1) is 17.0. The van der Waals surface area contributed by atoms with E-state index in [9.17, 15) is 4.79 Å². The van der Waals surface area contributed by atoms with Crippen LogP contribution in [0.25, 0.3) is 20.2 Å². The number of thiophene rings is 1. The van der Waals surface area contributed by atoms with Gasteiger partial charge in [0.1, 0.15) is 0 Å². The molecule has 2 N–H and O–H groups in total. The van der Waals surface area contributed by atoms with Crippen molar-refractivity contribution in [1.29, 1.82) is 5.41 Å². The van der Waals surface area contributed by atoms with E-state index in [2.05, 4.69) is 48.6 Å². The third-order valence-corrected chi connectivity index (χ3v) is 6.47. The van der Waals surface area contributed by atoms with Gasteiger partial charge in [-0.1, -0.05) is 25.5 Å². The Morgan fingerprint density at radius 3 is 2.58 bits per heavy atom. The van der Waals surface area contributed by atoms with Gasteiger partial charge in [-0.3, -0.25) is 15.1 Å². The molecule has 2 aromatic carbocycles. The molecule has 1 aromatic heterocycles. The van der Waals surface area contributed by atoms with Crippen molar-refractivity contribution in [3.05, 3.63) is 47.5 Å². The highest BCUT2D eigenvalue weighted by atomic mass is 32.1. The molecule has 26 heavy (non-hydrogen) atoms. The van der Waals surface area contributed by atoms with Crippen LogP contribution >= 0.6 is 11.3 Å². The van der Waals surface area contributed by atoms with Crippen LogP contribution in [0.2, 0.25) is 0 Å². The second-order valence-corrected chi connectivity index (χ2v) is 8.41. The van der Waals surface area contributed by atoms with Crippen LogP contribution in [0.1, 0.15) is 37.8 Å². The van der Waals surface area contributed by atoms with Crippen molar-refractivity contribution in [3.63, 3.8) is 0 Å². The number of amides is 1. The summed E-state index contributed by atoms with van der Waals surface area (Å²) in [7, 11) is 1.64. The van der Waals surface area contributed by atoms with Crippen LogP contribution in [-0.4, -0.2) is 23.8 Å². The predicted octanol–water partition coefficient (Wildman–Crippen LogP) is 4.61. The van der Waals surface area contributed by atoms with E-state index in [1.165, 1.54) is 30.6 Å². The highest BCUT2D eigenvalue weighted by molar-refractivity contribution is 7.25. The van der Waals surface area contributed by atoms with Gasteiger partial charge in [0.2, 0.25) is 5.91 Å². The lowest BCUT2D eigenvalue weighted by molar-refractivity contribution is -0.129. The van der Waals surface area contributed by atoms with E-state index in [1.807, 2.05) is 6.92 Å². The monoisotopic (exact) mass is 365 g/mol. The first-order valence-electron chi connectivity index (χ1n) is 9.00. The van der Waals surface area contributed by atoms with Gasteiger partial charge in [-0.15, -0.1) is 11.3 Å². The van der Waals surface area contributed by atoms with Gasteiger partial charge in [0.05, 0.1) is 12.0 Å². The van der Waals surface area contributed by atoms with Crippen molar-refractivity contribution in [1.82, 2.24) is 10.2 Å². The smallest absolute Gasteiger partial charge is 0.231 e. The Bertz CT molecular complexity index is 1020. The highest BCUT2D eigenvalue weighted by Gasteiger charge is 2.38. The molecule has 0 unspecified atom stereocenters. The topological polar surface area (TPSA) is 56.2 Å². The Balaban J connectivity index is 1.84. The minimum absolute atomic E-state index is 0.0308. The lowest BCUT2D eigenvalue weighted by Gasteiger charge is -2.39. The van der Waals surface area contributed by atoms with E-state index < -0.39 is 5.54 Å². The maximum Gasteiger partial charge on any atom is 0.231 e. The predicted molar refractivity (Wildman–Crippen MR) is 109 cm³/mol. The standard InChI is InChI=1S/C21H23N3OS/c1-4-5-13-6-8-17-15(10-13)16-11-14(7-9-18(16)26-17)21(2)12-19(25)24(3)20(22)23-21/h6-11H,4-5,12H2,1-3H3,(H2,22,23)/t21-/m0/s1. The van der Waals surface area contributed by atoms with Crippen molar-refractivity contribution in [2.24, 2.45) is 0 Å². The zero-order chi connectivity index (χ0) is 18.5. The summed E-state index contributed by atoms with van der Waals surface area (Å²) in [6.45, 7) is 4.21. The van der Waals surface area contributed by atoms with E-state index in [4.69, 9.17) is 5.41 Å². The third kappa shape index (κ3) is 2.67. The van der Waals surface area contributed by atoms with Gasteiger partial charge in [0.15, 0.2) is 5.96 Å². The summed E-state index contributed by atoms with van der Waals surface area (Å²) in [5.74, 6) is 0.126. The molecule has 0 aliphatic carbocycles. The van der Waals surface area contributed by atoms with Crippen LogP contribution in [0.15, 0.2) is 36.4 Å². The average Bonchev–Trinajstić information content (AvgIpc) is 2.97. The number of hydrogen-bond donors (Lipinski definition) is 2. The summed E-state index contributed by atoms with van der Waals surface area (Å²) in [5, 5.41) is 13.8. The van der Waals surface area contributed by atoms with Crippen LogP contribution in [0.3, 0.4) is 0 Å². The molecule has 3 aromatic rings. The quantitative estimate of drug-likeness (QED) is 0.712. The molecule has 1 saturated heterocycles. The van der Waals surface area contributed by atoms with Gasteiger partial charge < -0.3 is 5.32 Å². The fourth-order valence-electron chi connectivity index (χ4n) is 3.72. The SMILES string of the molecule is CCCc1ccc2sc3ccc([C@]4(C)CC(=O)N(C)C(=N)N4)cc3c2c1. The normalized spacial score (nSPS) is 20.8. The molecule has 0 radical (unpaired) electrons. The summed E-state index contributed by atoms with van der Waals surface area (Å²) in [6.07, 6.45) is 2.57. The number of benzene rings is 2. The summed E-state index contributed by atoms with van der Waals surface area (Å²) < 4.78 is 2.55. The molecule has 4 nitrogen and oxygen atoms in total. The first-order valence-corrected chi connectivity index (χ1v) is 9.82. The molecular weight excluding hydrogens is 342 g/mol. The molecule has 134 valence electrons. The Morgan fingerprint density at radius 1 is 1.19 bits per heavy atom. The van der Waals surface area contributed by atoms with Gasteiger partial charge >= 0.3 is 0 Å². The number of rotatable bonds is 3. The second kappa shape index (κ2) is 6.09. The van der Waals surface area contributed by atoms with Crippen molar-refractivity contribution in [2.45, 2.75) is 38.6 Å². The molecule has 5 heteroatoms. The largest absolute Gasteiger partial charge is 0.346 e. The van der Waals surface area contributed by atoms with Gasteiger partial charge in [0.25, 0.3) is 0 Å². The molecule has 1 amide bonds. The Hall–Kier alpha value is -2.40. The summed E-state index contributed by atoms with van der Waals surface area (Å²) in [5.41, 5.74) is 1.87. The van der Waals surface area contributed by atoms with Crippen molar-refractivity contribution in [2.75, 3.05) is 7.05 Å². The molecule has 1 aliphatic rings. The van der Waals surface area contributed by atoms with Crippen molar-refractivity contribution >= 4 is 43.4 Å². The highest BCUT2D eigenvalue weighted by Crippen LogP contribution is 2.38. The zero-order valence-electron chi connectivity index (χ0n) is 15.3. The molecule has 0 bridgehead atoms. The van der Waals surface area contributed by atoms with E-state index >= 15 is 0 Å². The second-order valence-electron chi connectivity index (χ2n) is 7.33. The van der Waals surface area contributed by atoms with Crippen LogP contribution in [0.4, 0.5) is 0 Å². The fraction of sp³-hybridized carbons (Fsp3) is 0.333. The van der Waals surface area contributed by atoms with Gasteiger partial charge in [-0.05, 0) is 48.7 Å². The molecule has 1 aliphatic heterocycles. The first-order chi connectivity index (χ1) is 12.4. The Kier molecular flexibility index (Phi) is 3.99. The number of nitrogens with zero attached hydrogens (tertiary/aromatic N) is 1. The van der Waals surface area contributed by atoms with E-state index in [1.54, 1.807) is 18.4 Å². The molecule has 0 saturated carbocycles. The maximum atomic E-state index is 12.3. The Labute approximate surface area is 157 Å². The van der Waals surface area contributed by atoms with Crippen LogP contribution in [0.5, 0.6) is 0 Å². The van der Waals surface area contributed by atoms with E-state index in [-0.39, 0.29) is 11.9 Å². The maximum absolute atomic E-state index is 12.3. The van der Waals surface area contributed by atoms with Gasteiger partial charge in [0, 0.05) is 27.2 Å². The van der Waals surface area contributed by atoms with Crippen LogP contribution in [-0.2, 0) is 16.8 Å². The molecular formula is C21H23N3OS. The average molecular weight is 366 g/mol. The fourth-order valence-corrected chi connectivity index (χ4v) is 4.79. The zero-order valence-corrected chi connectivity index (χ0v) is 16.2. The minimum atomic E-state index is -0.551. The van der Waals surface area contributed by atoms with E-state index in [0.717, 1.165) is 18.4 Å². The lowest BCUT2D eigenvalue weighted by Crippen LogP contribution is -2.58. The summed E-state index contributed by atoms with van der Waals surface area (Å²) >= 11 is 1.81. The van der Waals surface area contributed by atoms with E-state index in [0.29, 0.717) is 6.42 Å². The van der Waals surface area contributed by atoms with Crippen molar-refractivity contribution < 1.29 is 4.79 Å². The van der Waals surface area contributed by atoms with Crippen LogP contribution < -0.4 is 5.32 Å². The third-order valence-electron chi connectivity index (χ3n) is 5.32. The Morgan fingerprint density at radius 2 is 1.88 bits per heavy atom. The summed E-state index contributed by atoms with van der Waals surface area (Å²) in [4.78, 5) is 13.7. The van der Waals surface area contributed by atoms with Gasteiger partial charge in [-0.25, -0.2) is 0 Å². The molecule has 2 heterocycles. The lowest BCUT2D eigenvalue weighted by atomic mass is 9.86. The van der Waals surface area contributed by atoms with Gasteiger partial charge in [-0.2, -0.15) is 0 Å². The number of fused-ring (bicyclic) bond motifs is 3. The number of nitrogens with one attached hydrogen (secondary N) is 2. The van der Waals surface area contributed by atoms with Crippen LogP contribution in [0, 0.1) is 5.41 Å². The number of guanidine groups is 1. The number of hydrogen-bond acceptors (Lipinski definition) is 3. The molecule has 0 spiro atoms. The molecule has 1 fully saturated rings. The summed E-state index contributed by atoms with van der Waals surface area (Å²) in [6, 6.07) is 13.2. The number of carbonyl (C=O) groups excluding carboxylic acids is 1. The number of aryl methyl sites for hydroxylation is 1. The molecule has 1 atom stereocenters. The number of carbonyl (C=O) groups is 1.